The molecular weight excluding hydrogens is 559 g/mol. The Kier molecular flexibility index (Phi) is 7.20. The first-order valence-corrected chi connectivity index (χ1v) is 13.8. The molecule has 1 amide bonds. The van der Waals surface area contributed by atoms with E-state index in [1.54, 1.807) is 18.2 Å². The fraction of sp³-hybridized carbons (Fsp3) is 0.250. The highest BCUT2D eigenvalue weighted by Gasteiger charge is 2.31. The standard InChI is InChI=1S/C28H26BrFN2O4S/c1-16-12-18(4-9-23(16)29)10-11-32(37(34)35)24-15-25-22(14-21(24)19-5-6-19)27(28(31)33)26(36-25)13-17-2-7-20(30)8-3-17/h2-4,7-9,12,14-15,19H,5-6,10-11,13H2,1H3,(H2,31,33)(H,34,35)/p-1. The van der Waals surface area contributed by atoms with Crippen molar-refractivity contribution in [1.29, 1.82) is 0 Å². The van der Waals surface area contributed by atoms with E-state index in [-0.39, 0.29) is 30.3 Å². The number of furan rings is 1. The van der Waals surface area contributed by atoms with Crippen LogP contribution < -0.4 is 10.0 Å². The summed E-state index contributed by atoms with van der Waals surface area (Å²) in [7, 11) is 0. The molecule has 1 fully saturated rings. The Labute approximate surface area is 225 Å². The van der Waals surface area contributed by atoms with Gasteiger partial charge in [-0.2, -0.15) is 0 Å². The van der Waals surface area contributed by atoms with E-state index in [0.29, 0.717) is 28.8 Å². The lowest BCUT2D eigenvalue weighted by molar-refractivity contribution is 0.1000. The van der Waals surface area contributed by atoms with Gasteiger partial charge in [-0.3, -0.25) is 9.00 Å². The minimum absolute atomic E-state index is 0.205. The number of carbonyl (C=O) groups is 1. The van der Waals surface area contributed by atoms with Crippen molar-refractivity contribution in [1.82, 2.24) is 0 Å². The highest BCUT2D eigenvalue weighted by Crippen LogP contribution is 2.47. The number of carbonyl (C=O) groups excluding carboxylic acids is 1. The Balaban J connectivity index is 1.55. The van der Waals surface area contributed by atoms with E-state index < -0.39 is 17.2 Å². The number of hydrogen-bond donors (Lipinski definition) is 1. The minimum atomic E-state index is -2.52. The van der Waals surface area contributed by atoms with Crippen molar-refractivity contribution in [3.8, 4) is 0 Å². The summed E-state index contributed by atoms with van der Waals surface area (Å²) in [5.41, 5.74) is 10.7. The van der Waals surface area contributed by atoms with Crippen LogP contribution in [-0.4, -0.2) is 21.2 Å². The number of primary amides is 1. The van der Waals surface area contributed by atoms with Gasteiger partial charge in [0.1, 0.15) is 17.2 Å². The lowest BCUT2D eigenvalue weighted by Crippen LogP contribution is -2.28. The molecule has 6 nitrogen and oxygen atoms in total. The molecule has 192 valence electrons. The second-order valence-electron chi connectivity index (χ2n) is 9.40. The zero-order valence-electron chi connectivity index (χ0n) is 20.1. The molecule has 0 bridgehead atoms. The average molecular weight is 584 g/mol. The van der Waals surface area contributed by atoms with Gasteiger partial charge in [-0.15, -0.1) is 0 Å². The molecule has 1 heterocycles. The molecule has 1 aliphatic carbocycles. The van der Waals surface area contributed by atoms with Gasteiger partial charge in [-0.05, 0) is 78.6 Å². The van der Waals surface area contributed by atoms with Gasteiger partial charge >= 0.3 is 0 Å². The summed E-state index contributed by atoms with van der Waals surface area (Å²) in [6, 6.07) is 15.5. The maximum atomic E-state index is 13.4. The van der Waals surface area contributed by atoms with E-state index in [1.165, 1.54) is 16.4 Å². The lowest BCUT2D eigenvalue weighted by Gasteiger charge is -2.29. The minimum Gasteiger partial charge on any atom is -0.755 e. The first kappa shape index (κ1) is 25.6. The van der Waals surface area contributed by atoms with Gasteiger partial charge in [0, 0.05) is 40.2 Å². The van der Waals surface area contributed by atoms with Crippen LogP contribution in [0, 0.1) is 12.7 Å². The van der Waals surface area contributed by atoms with Crippen molar-refractivity contribution in [3.05, 3.63) is 98.5 Å². The largest absolute Gasteiger partial charge is 0.755 e. The molecule has 4 aromatic rings. The lowest BCUT2D eigenvalue weighted by atomic mass is 10.0. The first-order valence-electron chi connectivity index (χ1n) is 12.0. The highest BCUT2D eigenvalue weighted by molar-refractivity contribution is 9.10. The molecule has 0 spiro atoms. The smallest absolute Gasteiger partial charge is 0.252 e. The third-order valence-corrected chi connectivity index (χ3v) is 8.36. The fourth-order valence-corrected chi connectivity index (χ4v) is 5.49. The van der Waals surface area contributed by atoms with Crippen molar-refractivity contribution in [2.24, 2.45) is 5.73 Å². The summed E-state index contributed by atoms with van der Waals surface area (Å²) in [5.74, 6) is -0.406. The molecule has 5 rings (SSSR count). The maximum absolute atomic E-state index is 13.4. The van der Waals surface area contributed by atoms with Gasteiger partial charge in [0.05, 0.1) is 11.3 Å². The van der Waals surface area contributed by atoms with E-state index in [1.807, 2.05) is 31.2 Å². The van der Waals surface area contributed by atoms with Crippen LogP contribution in [0.4, 0.5) is 10.1 Å². The number of fused-ring (bicyclic) bond motifs is 1. The van der Waals surface area contributed by atoms with Gasteiger partial charge in [-0.25, -0.2) is 4.39 Å². The van der Waals surface area contributed by atoms with E-state index in [0.717, 1.165) is 39.6 Å². The van der Waals surface area contributed by atoms with Crippen molar-refractivity contribution >= 4 is 49.8 Å². The molecule has 2 N–H and O–H groups in total. The predicted molar refractivity (Wildman–Crippen MR) is 145 cm³/mol. The SMILES string of the molecule is Cc1cc(CCN(c2cc3oc(Cc4ccc(F)cc4)c(C(N)=O)c3cc2C2CC2)S(=O)[O-])ccc1Br. The van der Waals surface area contributed by atoms with Crippen LogP contribution in [0.2, 0.25) is 0 Å². The van der Waals surface area contributed by atoms with Crippen LogP contribution in [0.1, 0.15) is 57.1 Å². The van der Waals surface area contributed by atoms with Crippen LogP contribution >= 0.6 is 15.9 Å². The molecule has 3 aromatic carbocycles. The summed E-state index contributed by atoms with van der Waals surface area (Å²) < 4.78 is 46.6. The van der Waals surface area contributed by atoms with Gasteiger partial charge in [0.2, 0.25) is 0 Å². The van der Waals surface area contributed by atoms with E-state index in [9.17, 15) is 17.9 Å². The number of nitrogens with zero attached hydrogens (tertiary/aromatic N) is 1. The van der Waals surface area contributed by atoms with Crippen molar-refractivity contribution < 1.29 is 22.4 Å². The molecule has 37 heavy (non-hydrogen) atoms. The van der Waals surface area contributed by atoms with Gasteiger partial charge in [0.25, 0.3) is 5.91 Å². The first-order chi connectivity index (χ1) is 17.7. The molecule has 1 aliphatic rings. The van der Waals surface area contributed by atoms with Crippen LogP contribution in [0.3, 0.4) is 0 Å². The summed E-state index contributed by atoms with van der Waals surface area (Å²) in [6.07, 6.45) is 2.66. The monoisotopic (exact) mass is 583 g/mol. The molecule has 9 heteroatoms. The Hall–Kier alpha value is -3.01. The van der Waals surface area contributed by atoms with Crippen LogP contribution in [-0.2, 0) is 24.1 Å². The van der Waals surface area contributed by atoms with Crippen LogP contribution in [0.5, 0.6) is 0 Å². The zero-order chi connectivity index (χ0) is 26.3. The summed E-state index contributed by atoms with van der Waals surface area (Å²) >= 11 is 0.982. The number of benzene rings is 3. The number of amides is 1. The molecule has 1 unspecified atom stereocenters. The average Bonchev–Trinajstić information content (AvgIpc) is 3.63. The molecular formula is C28H25BrFN2O4S-. The maximum Gasteiger partial charge on any atom is 0.252 e. The zero-order valence-corrected chi connectivity index (χ0v) is 22.5. The predicted octanol–water partition coefficient (Wildman–Crippen LogP) is 6.05. The fourth-order valence-electron chi connectivity index (χ4n) is 4.69. The number of aryl methyl sites for hydroxylation is 1. The van der Waals surface area contributed by atoms with E-state index >= 15 is 0 Å². The Morgan fingerprint density at radius 2 is 1.86 bits per heavy atom. The molecule has 1 saturated carbocycles. The van der Waals surface area contributed by atoms with Crippen molar-refractivity contribution in [3.63, 3.8) is 0 Å². The Morgan fingerprint density at radius 3 is 2.49 bits per heavy atom. The van der Waals surface area contributed by atoms with Crippen molar-refractivity contribution in [2.45, 2.75) is 38.5 Å². The van der Waals surface area contributed by atoms with E-state index in [2.05, 4.69) is 15.9 Å². The second kappa shape index (κ2) is 10.4. The molecule has 0 radical (unpaired) electrons. The number of nitrogens with two attached hydrogens (primary N) is 1. The summed E-state index contributed by atoms with van der Waals surface area (Å²) in [5, 5.41) is 0.565. The number of rotatable bonds is 9. The highest BCUT2D eigenvalue weighted by atomic mass is 79.9. The molecule has 1 atom stereocenters. The second-order valence-corrected chi connectivity index (χ2v) is 11.1. The van der Waals surface area contributed by atoms with Gasteiger partial charge in [0.15, 0.2) is 0 Å². The number of anilines is 1. The third kappa shape index (κ3) is 5.49. The van der Waals surface area contributed by atoms with Gasteiger partial charge < -0.3 is 19.0 Å². The summed E-state index contributed by atoms with van der Waals surface area (Å²) in [6.45, 7) is 2.25. The number of halogens is 2. The van der Waals surface area contributed by atoms with Crippen molar-refractivity contribution in [2.75, 3.05) is 10.8 Å². The number of hydrogen-bond acceptors (Lipinski definition) is 4. The molecule has 0 aliphatic heterocycles. The van der Waals surface area contributed by atoms with Crippen LogP contribution in [0.25, 0.3) is 11.0 Å². The normalized spacial score (nSPS) is 14.2. The van der Waals surface area contributed by atoms with E-state index in [4.69, 9.17) is 10.2 Å². The third-order valence-electron chi connectivity index (χ3n) is 6.73. The Morgan fingerprint density at radius 1 is 1.16 bits per heavy atom. The topological polar surface area (TPSA) is 99.6 Å². The summed E-state index contributed by atoms with van der Waals surface area (Å²) in [4.78, 5) is 12.5. The van der Waals surface area contributed by atoms with Gasteiger partial charge in [-0.1, -0.05) is 40.2 Å². The molecule has 1 aromatic heterocycles. The Bertz CT molecular complexity index is 1520. The quantitative estimate of drug-likeness (QED) is 0.242. The van der Waals surface area contributed by atoms with Crippen LogP contribution in [0.15, 0.2) is 63.5 Å². The molecule has 0 saturated heterocycles.